The summed E-state index contributed by atoms with van der Waals surface area (Å²) in [5, 5.41) is 15.8. The summed E-state index contributed by atoms with van der Waals surface area (Å²) in [5.41, 5.74) is 2.93. The van der Waals surface area contributed by atoms with Gasteiger partial charge in [0.2, 0.25) is 0 Å². The zero-order valence-electron chi connectivity index (χ0n) is 11.5. The maximum absolute atomic E-state index is 11.6. The Bertz CT molecular complexity index is 721. The molecule has 0 unspecified atom stereocenters. The van der Waals surface area contributed by atoms with Crippen LogP contribution in [0.15, 0.2) is 49.0 Å². The highest BCUT2D eigenvalue weighted by Gasteiger charge is 2.09. The second-order valence-electron chi connectivity index (χ2n) is 4.29. The Morgan fingerprint density at radius 2 is 2.00 bits per heavy atom. The molecule has 0 spiro atoms. The van der Waals surface area contributed by atoms with Crippen molar-refractivity contribution in [2.75, 3.05) is 6.54 Å². The van der Waals surface area contributed by atoms with E-state index in [4.69, 9.17) is 4.42 Å². The predicted octanol–water partition coefficient (Wildman–Crippen LogP) is 2.39. The SMILES string of the molecule is O=C(CNC(=O)c1ccco1)N/N=C/c1cc(Br)c(O)c(Br)c1. The third kappa shape index (κ3) is 4.93. The Balaban J connectivity index is 1.83. The lowest BCUT2D eigenvalue weighted by molar-refractivity contribution is -0.120. The molecule has 1 aromatic carbocycles. The van der Waals surface area contributed by atoms with E-state index in [1.165, 1.54) is 18.5 Å². The molecule has 2 aromatic rings. The summed E-state index contributed by atoms with van der Waals surface area (Å²) in [6.45, 7) is -0.236. The van der Waals surface area contributed by atoms with Gasteiger partial charge >= 0.3 is 0 Å². The minimum Gasteiger partial charge on any atom is -0.506 e. The number of phenolic OH excluding ortho intramolecular Hbond substituents is 1. The van der Waals surface area contributed by atoms with E-state index in [-0.39, 0.29) is 18.1 Å². The quantitative estimate of drug-likeness (QED) is 0.486. The van der Waals surface area contributed by atoms with Gasteiger partial charge in [0.25, 0.3) is 11.8 Å². The Hall–Kier alpha value is -2.13. The fourth-order valence-electron chi connectivity index (χ4n) is 1.53. The van der Waals surface area contributed by atoms with E-state index in [0.717, 1.165) is 0 Å². The van der Waals surface area contributed by atoms with Gasteiger partial charge < -0.3 is 14.8 Å². The molecule has 0 aliphatic rings. The lowest BCUT2D eigenvalue weighted by atomic mass is 10.2. The highest BCUT2D eigenvalue weighted by atomic mass is 79.9. The first-order valence-corrected chi connectivity index (χ1v) is 7.87. The van der Waals surface area contributed by atoms with Gasteiger partial charge in [-0.1, -0.05) is 0 Å². The van der Waals surface area contributed by atoms with Crippen LogP contribution < -0.4 is 10.7 Å². The fraction of sp³-hybridized carbons (Fsp3) is 0.0714. The first-order chi connectivity index (χ1) is 11.0. The van der Waals surface area contributed by atoms with E-state index >= 15 is 0 Å². The van der Waals surface area contributed by atoms with Crippen molar-refractivity contribution < 1.29 is 19.1 Å². The first kappa shape index (κ1) is 17.2. The normalized spacial score (nSPS) is 10.7. The summed E-state index contributed by atoms with van der Waals surface area (Å²) >= 11 is 6.38. The van der Waals surface area contributed by atoms with E-state index in [1.807, 2.05) is 0 Å². The number of benzene rings is 1. The third-order valence-corrected chi connectivity index (χ3v) is 3.81. The van der Waals surface area contributed by atoms with Gasteiger partial charge in [0.05, 0.1) is 28.0 Å². The number of aromatic hydroxyl groups is 1. The van der Waals surface area contributed by atoms with Gasteiger partial charge in [-0.25, -0.2) is 5.43 Å². The number of nitrogens with zero attached hydrogens (tertiary/aromatic N) is 1. The molecule has 2 amide bonds. The van der Waals surface area contributed by atoms with Gasteiger partial charge in [-0.3, -0.25) is 9.59 Å². The highest BCUT2D eigenvalue weighted by Crippen LogP contribution is 2.32. The number of halogens is 2. The van der Waals surface area contributed by atoms with Crippen LogP contribution in [-0.2, 0) is 4.79 Å². The van der Waals surface area contributed by atoms with Crippen LogP contribution in [0.2, 0.25) is 0 Å². The number of hydrazone groups is 1. The molecule has 0 aliphatic heterocycles. The number of carbonyl (C=O) groups excluding carboxylic acids is 2. The second-order valence-corrected chi connectivity index (χ2v) is 5.99. The third-order valence-electron chi connectivity index (χ3n) is 2.60. The maximum Gasteiger partial charge on any atom is 0.287 e. The largest absolute Gasteiger partial charge is 0.506 e. The zero-order valence-corrected chi connectivity index (χ0v) is 14.7. The molecule has 0 saturated carbocycles. The monoisotopic (exact) mass is 443 g/mol. The minimum absolute atomic E-state index is 0.0758. The Morgan fingerprint density at radius 1 is 1.30 bits per heavy atom. The molecule has 23 heavy (non-hydrogen) atoms. The Morgan fingerprint density at radius 3 is 2.61 bits per heavy atom. The summed E-state index contributed by atoms with van der Waals surface area (Å²) in [6.07, 6.45) is 2.77. The first-order valence-electron chi connectivity index (χ1n) is 6.29. The molecule has 0 radical (unpaired) electrons. The summed E-state index contributed by atoms with van der Waals surface area (Å²) in [5.74, 6) is -0.773. The molecule has 7 nitrogen and oxygen atoms in total. The van der Waals surface area contributed by atoms with E-state index in [1.54, 1.807) is 18.2 Å². The van der Waals surface area contributed by atoms with Crippen molar-refractivity contribution in [3.8, 4) is 5.75 Å². The summed E-state index contributed by atoms with van der Waals surface area (Å²) in [7, 11) is 0. The molecule has 9 heteroatoms. The Labute approximate surface area is 148 Å². The van der Waals surface area contributed by atoms with Gasteiger partial charge in [0.15, 0.2) is 5.76 Å². The predicted molar refractivity (Wildman–Crippen MR) is 90.3 cm³/mol. The number of nitrogens with one attached hydrogen (secondary N) is 2. The van der Waals surface area contributed by atoms with Crippen molar-refractivity contribution in [3.63, 3.8) is 0 Å². The van der Waals surface area contributed by atoms with Crippen LogP contribution in [0.4, 0.5) is 0 Å². The molecule has 0 saturated heterocycles. The number of carbonyl (C=O) groups is 2. The van der Waals surface area contributed by atoms with Gasteiger partial charge in [-0.05, 0) is 61.7 Å². The van der Waals surface area contributed by atoms with Crippen molar-refractivity contribution >= 4 is 49.9 Å². The molecular formula is C14H11Br2N3O4. The van der Waals surface area contributed by atoms with Gasteiger partial charge in [-0.15, -0.1) is 0 Å². The second kappa shape index (κ2) is 7.93. The van der Waals surface area contributed by atoms with Crippen LogP contribution in [0.1, 0.15) is 16.1 Å². The van der Waals surface area contributed by atoms with Gasteiger partial charge in [0.1, 0.15) is 5.75 Å². The Kier molecular flexibility index (Phi) is 5.94. The van der Waals surface area contributed by atoms with E-state index in [2.05, 4.69) is 47.7 Å². The lowest BCUT2D eigenvalue weighted by Crippen LogP contribution is -2.34. The molecule has 0 bridgehead atoms. The number of rotatable bonds is 5. The molecule has 0 aliphatic carbocycles. The molecule has 2 rings (SSSR count). The van der Waals surface area contributed by atoms with Crippen LogP contribution in [0, 0.1) is 0 Å². The average molecular weight is 445 g/mol. The average Bonchev–Trinajstić information content (AvgIpc) is 3.04. The van der Waals surface area contributed by atoms with Crippen molar-refractivity contribution in [3.05, 3.63) is 50.8 Å². The summed E-state index contributed by atoms with van der Waals surface area (Å²) in [6, 6.07) is 6.34. The van der Waals surface area contributed by atoms with Crippen LogP contribution in [0.3, 0.4) is 0 Å². The molecule has 3 N–H and O–H groups in total. The smallest absolute Gasteiger partial charge is 0.287 e. The van der Waals surface area contributed by atoms with Crippen molar-refractivity contribution in [2.24, 2.45) is 5.10 Å². The van der Waals surface area contributed by atoms with Crippen molar-refractivity contribution in [1.82, 2.24) is 10.7 Å². The summed E-state index contributed by atoms with van der Waals surface area (Å²) < 4.78 is 5.88. The van der Waals surface area contributed by atoms with Crippen molar-refractivity contribution in [2.45, 2.75) is 0 Å². The lowest BCUT2D eigenvalue weighted by Gasteiger charge is -2.03. The number of hydrogen-bond donors (Lipinski definition) is 3. The molecule has 0 fully saturated rings. The van der Waals surface area contributed by atoms with Gasteiger partial charge in [0, 0.05) is 0 Å². The number of furan rings is 1. The number of amides is 2. The zero-order chi connectivity index (χ0) is 16.8. The van der Waals surface area contributed by atoms with E-state index in [9.17, 15) is 14.7 Å². The standard InChI is InChI=1S/C14H11Br2N3O4/c15-9-4-8(5-10(16)13(9)21)6-18-19-12(20)7-17-14(22)11-2-1-3-23-11/h1-6,21H,7H2,(H,17,22)(H,19,20)/b18-6+. The van der Waals surface area contributed by atoms with Crippen LogP contribution >= 0.6 is 31.9 Å². The minimum atomic E-state index is -0.488. The van der Waals surface area contributed by atoms with Crippen LogP contribution in [0.25, 0.3) is 0 Å². The fourth-order valence-corrected chi connectivity index (χ4v) is 2.76. The highest BCUT2D eigenvalue weighted by molar-refractivity contribution is 9.11. The molecule has 120 valence electrons. The molecule has 1 aromatic heterocycles. The molecule has 1 heterocycles. The number of phenols is 1. The van der Waals surface area contributed by atoms with E-state index < -0.39 is 11.8 Å². The van der Waals surface area contributed by atoms with Crippen LogP contribution in [-0.4, -0.2) is 29.7 Å². The van der Waals surface area contributed by atoms with Crippen molar-refractivity contribution in [1.29, 1.82) is 0 Å². The molecule has 0 atom stereocenters. The number of hydrogen-bond acceptors (Lipinski definition) is 5. The molecular weight excluding hydrogens is 434 g/mol. The van der Waals surface area contributed by atoms with E-state index in [0.29, 0.717) is 14.5 Å². The topological polar surface area (TPSA) is 104 Å². The van der Waals surface area contributed by atoms with Gasteiger partial charge in [-0.2, -0.15) is 5.10 Å². The maximum atomic E-state index is 11.6. The van der Waals surface area contributed by atoms with Crippen LogP contribution in [0.5, 0.6) is 5.75 Å². The summed E-state index contributed by atoms with van der Waals surface area (Å²) in [4.78, 5) is 23.1.